The Hall–Kier alpha value is -1.68. The second kappa shape index (κ2) is 6.81. The first-order valence-electron chi connectivity index (χ1n) is 5.45. The van der Waals surface area contributed by atoms with E-state index in [9.17, 15) is 4.39 Å². The van der Waals surface area contributed by atoms with Crippen molar-refractivity contribution in [2.45, 2.75) is 12.5 Å². The maximum Gasteiger partial charge on any atom is 0.105 e. The van der Waals surface area contributed by atoms with Crippen LogP contribution < -0.4 is 10.6 Å². The van der Waals surface area contributed by atoms with Gasteiger partial charge in [-0.15, -0.1) is 0 Å². The first-order chi connectivity index (χ1) is 8.17. The summed E-state index contributed by atoms with van der Waals surface area (Å²) in [4.78, 5) is 5.80. The number of aliphatic imine (C=N–C) groups is 1. The van der Waals surface area contributed by atoms with Crippen LogP contribution in [-0.2, 0) is 6.42 Å². The molecule has 0 aliphatic carbocycles. The number of rotatable bonds is 6. The standard InChI is InChI=1S/C13H18FN3/c1-3-16-10-17(2)13-6-4-11(5-7-13)8-12(15)9-14/h3-7,10,12H,1,8-9,15H2,2H3/b16-10-. The first kappa shape index (κ1) is 13.4. The van der Waals surface area contributed by atoms with Gasteiger partial charge in [0.1, 0.15) is 6.67 Å². The maximum absolute atomic E-state index is 12.3. The predicted molar refractivity (Wildman–Crippen MR) is 71.2 cm³/mol. The molecule has 2 N–H and O–H groups in total. The van der Waals surface area contributed by atoms with E-state index >= 15 is 0 Å². The second-order valence-corrected chi connectivity index (χ2v) is 3.84. The highest BCUT2D eigenvalue weighted by atomic mass is 19.1. The minimum Gasteiger partial charge on any atom is -0.336 e. The fraction of sp³-hybridized carbons (Fsp3) is 0.308. The van der Waals surface area contributed by atoms with Gasteiger partial charge in [-0.1, -0.05) is 18.7 Å². The summed E-state index contributed by atoms with van der Waals surface area (Å²) in [5.74, 6) is 0. The third-order valence-electron chi connectivity index (χ3n) is 2.38. The molecule has 0 aromatic heterocycles. The minimum absolute atomic E-state index is 0.416. The summed E-state index contributed by atoms with van der Waals surface area (Å²) in [5.41, 5.74) is 7.59. The van der Waals surface area contributed by atoms with Crippen molar-refractivity contribution in [3.05, 3.63) is 42.6 Å². The molecule has 1 rings (SSSR count). The number of hydrogen-bond acceptors (Lipinski definition) is 2. The highest BCUT2D eigenvalue weighted by Gasteiger charge is 2.03. The van der Waals surface area contributed by atoms with Crippen molar-refractivity contribution in [3.63, 3.8) is 0 Å². The zero-order valence-corrected chi connectivity index (χ0v) is 10.0. The smallest absolute Gasteiger partial charge is 0.105 e. The van der Waals surface area contributed by atoms with Crippen LogP contribution in [0.15, 0.2) is 42.0 Å². The highest BCUT2D eigenvalue weighted by molar-refractivity contribution is 5.78. The number of nitrogens with zero attached hydrogens (tertiary/aromatic N) is 2. The molecule has 1 aromatic carbocycles. The fourth-order valence-corrected chi connectivity index (χ4v) is 1.44. The molecule has 0 radical (unpaired) electrons. The molecule has 0 bridgehead atoms. The van der Waals surface area contributed by atoms with Gasteiger partial charge in [-0.3, -0.25) is 0 Å². The highest BCUT2D eigenvalue weighted by Crippen LogP contribution is 2.13. The fourth-order valence-electron chi connectivity index (χ4n) is 1.44. The van der Waals surface area contributed by atoms with E-state index in [0.717, 1.165) is 11.3 Å². The van der Waals surface area contributed by atoms with Gasteiger partial charge in [-0.05, 0) is 24.1 Å². The molecule has 4 heteroatoms. The third kappa shape index (κ3) is 4.36. The molecule has 17 heavy (non-hydrogen) atoms. The van der Waals surface area contributed by atoms with E-state index < -0.39 is 12.7 Å². The van der Waals surface area contributed by atoms with Gasteiger partial charge in [-0.25, -0.2) is 9.38 Å². The zero-order chi connectivity index (χ0) is 12.7. The van der Waals surface area contributed by atoms with E-state index in [2.05, 4.69) is 11.6 Å². The molecule has 92 valence electrons. The molecule has 0 saturated carbocycles. The molecule has 1 aromatic rings. The van der Waals surface area contributed by atoms with E-state index in [1.807, 2.05) is 36.2 Å². The van der Waals surface area contributed by atoms with Crippen LogP contribution in [0.2, 0.25) is 0 Å². The van der Waals surface area contributed by atoms with Gasteiger partial charge in [0.05, 0.1) is 6.34 Å². The average Bonchev–Trinajstić information content (AvgIpc) is 2.36. The van der Waals surface area contributed by atoms with Crippen LogP contribution in [0.4, 0.5) is 10.1 Å². The summed E-state index contributed by atoms with van der Waals surface area (Å²) in [6.45, 7) is 3.02. The molecule has 0 amide bonds. The van der Waals surface area contributed by atoms with Crippen LogP contribution in [0.3, 0.4) is 0 Å². The predicted octanol–water partition coefficient (Wildman–Crippen LogP) is 2.13. The number of benzene rings is 1. The van der Waals surface area contributed by atoms with E-state index in [1.165, 1.54) is 6.20 Å². The van der Waals surface area contributed by atoms with Crippen LogP contribution in [0.5, 0.6) is 0 Å². The number of halogens is 1. The van der Waals surface area contributed by atoms with E-state index in [0.29, 0.717) is 6.42 Å². The van der Waals surface area contributed by atoms with Gasteiger partial charge < -0.3 is 10.6 Å². The van der Waals surface area contributed by atoms with Gasteiger partial charge in [0.25, 0.3) is 0 Å². The van der Waals surface area contributed by atoms with Gasteiger partial charge >= 0.3 is 0 Å². The Morgan fingerprint density at radius 3 is 2.65 bits per heavy atom. The normalized spacial score (nSPS) is 12.6. The largest absolute Gasteiger partial charge is 0.336 e. The number of alkyl halides is 1. The summed E-state index contributed by atoms with van der Waals surface area (Å²) in [6.07, 6.45) is 3.71. The van der Waals surface area contributed by atoms with Gasteiger partial charge in [-0.2, -0.15) is 0 Å². The molecule has 0 aliphatic rings. The Morgan fingerprint density at radius 2 is 2.12 bits per heavy atom. The maximum atomic E-state index is 12.3. The quantitative estimate of drug-likeness (QED) is 0.606. The minimum atomic E-state index is -0.492. The molecule has 3 nitrogen and oxygen atoms in total. The van der Waals surface area contributed by atoms with Crippen molar-refractivity contribution in [1.82, 2.24) is 0 Å². The summed E-state index contributed by atoms with van der Waals surface area (Å²) < 4.78 is 12.3. The topological polar surface area (TPSA) is 41.6 Å². The van der Waals surface area contributed by atoms with Crippen molar-refractivity contribution in [3.8, 4) is 0 Å². The molecule has 0 heterocycles. The van der Waals surface area contributed by atoms with Crippen LogP contribution in [-0.4, -0.2) is 26.1 Å². The molecule has 1 atom stereocenters. The molecule has 0 saturated heterocycles. The summed E-state index contributed by atoms with van der Waals surface area (Å²) in [6, 6.07) is 7.39. The van der Waals surface area contributed by atoms with Crippen molar-refractivity contribution in [2.24, 2.45) is 10.7 Å². The average molecular weight is 235 g/mol. The SMILES string of the molecule is C=C/N=C\N(C)c1ccc(CC(N)CF)cc1. The Bertz CT molecular complexity index is 373. The molecule has 0 fully saturated rings. The van der Waals surface area contributed by atoms with Crippen molar-refractivity contribution in [2.75, 3.05) is 18.6 Å². The number of hydrogen-bond donors (Lipinski definition) is 1. The van der Waals surface area contributed by atoms with Crippen LogP contribution in [0.1, 0.15) is 5.56 Å². The number of nitrogens with two attached hydrogens (primary N) is 1. The molecule has 1 unspecified atom stereocenters. The summed E-state index contributed by atoms with van der Waals surface area (Å²) >= 11 is 0. The van der Waals surface area contributed by atoms with Crippen molar-refractivity contribution in [1.29, 1.82) is 0 Å². The second-order valence-electron chi connectivity index (χ2n) is 3.84. The first-order valence-corrected chi connectivity index (χ1v) is 5.45. The Labute approximate surface area is 101 Å². The van der Waals surface area contributed by atoms with Crippen molar-refractivity contribution < 1.29 is 4.39 Å². The Morgan fingerprint density at radius 1 is 1.47 bits per heavy atom. The molecular weight excluding hydrogens is 217 g/mol. The lowest BCUT2D eigenvalue weighted by Gasteiger charge is -2.14. The van der Waals surface area contributed by atoms with Crippen LogP contribution in [0, 0.1) is 0 Å². The molecule has 0 spiro atoms. The molecule has 0 aliphatic heterocycles. The Balaban J connectivity index is 2.67. The number of anilines is 1. The van der Waals surface area contributed by atoms with E-state index in [4.69, 9.17) is 5.73 Å². The molecular formula is C13H18FN3. The summed E-state index contributed by atoms with van der Waals surface area (Å²) in [5, 5.41) is 0. The lowest BCUT2D eigenvalue weighted by Crippen LogP contribution is -2.24. The zero-order valence-electron chi connectivity index (χ0n) is 10.0. The summed E-state index contributed by atoms with van der Waals surface area (Å²) in [7, 11) is 1.90. The van der Waals surface area contributed by atoms with E-state index in [1.54, 1.807) is 6.34 Å². The van der Waals surface area contributed by atoms with Gasteiger partial charge in [0.15, 0.2) is 0 Å². The van der Waals surface area contributed by atoms with Gasteiger partial charge in [0.2, 0.25) is 0 Å². The van der Waals surface area contributed by atoms with E-state index in [-0.39, 0.29) is 0 Å². The lowest BCUT2D eigenvalue weighted by molar-refractivity contribution is 0.427. The Kier molecular flexibility index (Phi) is 5.36. The lowest BCUT2D eigenvalue weighted by atomic mass is 10.1. The monoisotopic (exact) mass is 235 g/mol. The van der Waals surface area contributed by atoms with Crippen LogP contribution >= 0.6 is 0 Å². The van der Waals surface area contributed by atoms with Gasteiger partial charge in [0, 0.05) is 25.0 Å². The van der Waals surface area contributed by atoms with Crippen LogP contribution in [0.25, 0.3) is 0 Å². The third-order valence-corrected chi connectivity index (χ3v) is 2.38. The van der Waals surface area contributed by atoms with Crippen molar-refractivity contribution >= 4 is 12.0 Å².